The van der Waals surface area contributed by atoms with Crippen LogP contribution in [-0.4, -0.2) is 35.0 Å². The van der Waals surface area contributed by atoms with Gasteiger partial charge in [0.2, 0.25) is 5.91 Å². The number of carbonyl (C=O) groups excluding carboxylic acids is 1. The van der Waals surface area contributed by atoms with E-state index in [0.717, 1.165) is 12.8 Å². The van der Waals surface area contributed by atoms with Gasteiger partial charge in [0.1, 0.15) is 12.3 Å². The maximum atomic E-state index is 11.9. The maximum Gasteiger partial charge on any atom is 0.323 e. The summed E-state index contributed by atoms with van der Waals surface area (Å²) in [6.45, 7) is 0.249. The van der Waals surface area contributed by atoms with Crippen LogP contribution in [0.2, 0.25) is 0 Å². The van der Waals surface area contributed by atoms with Crippen LogP contribution in [0, 0.1) is 5.92 Å². The average molecular weight is 328 g/mol. The van der Waals surface area contributed by atoms with Gasteiger partial charge < -0.3 is 14.4 Å². The first kappa shape index (κ1) is 13.9. The van der Waals surface area contributed by atoms with Crippen LogP contribution in [0.5, 0.6) is 0 Å². The van der Waals surface area contributed by atoms with Crippen molar-refractivity contribution in [3.63, 3.8) is 0 Å². The summed E-state index contributed by atoms with van der Waals surface area (Å²) in [5, 5.41) is 8.81. The van der Waals surface area contributed by atoms with Gasteiger partial charge in [-0.25, -0.2) is 0 Å². The second-order valence-electron chi connectivity index (χ2n) is 4.53. The van der Waals surface area contributed by atoms with Crippen molar-refractivity contribution in [2.45, 2.75) is 12.8 Å². The summed E-state index contributed by atoms with van der Waals surface area (Å²) in [4.78, 5) is 24.1. The minimum atomic E-state index is -0.997. The molecule has 0 bridgehead atoms. The van der Waals surface area contributed by atoms with Crippen LogP contribution in [0.4, 0.5) is 0 Å². The Balaban J connectivity index is 1.97. The van der Waals surface area contributed by atoms with E-state index in [4.69, 9.17) is 9.52 Å². The predicted molar refractivity (Wildman–Crippen MR) is 72.4 cm³/mol. The molecule has 5 nitrogen and oxygen atoms in total. The van der Waals surface area contributed by atoms with Crippen LogP contribution in [0.3, 0.4) is 0 Å². The number of halogens is 1. The zero-order valence-corrected chi connectivity index (χ0v) is 11.8. The molecule has 1 saturated carbocycles. The van der Waals surface area contributed by atoms with E-state index in [-0.39, 0.29) is 12.5 Å². The van der Waals surface area contributed by atoms with Gasteiger partial charge >= 0.3 is 5.97 Å². The summed E-state index contributed by atoms with van der Waals surface area (Å²) in [5.41, 5.74) is 0. The van der Waals surface area contributed by atoms with Crippen molar-refractivity contribution in [2.24, 2.45) is 5.92 Å². The van der Waals surface area contributed by atoms with E-state index >= 15 is 0 Å². The zero-order chi connectivity index (χ0) is 13.8. The Morgan fingerprint density at radius 3 is 2.74 bits per heavy atom. The van der Waals surface area contributed by atoms with E-state index in [1.807, 2.05) is 0 Å². The summed E-state index contributed by atoms with van der Waals surface area (Å²) in [5.74, 6) is -0.304. The Kier molecular flexibility index (Phi) is 4.42. The summed E-state index contributed by atoms with van der Waals surface area (Å²) in [6, 6.07) is 3.44. The predicted octanol–water partition coefficient (Wildman–Crippen LogP) is 2.38. The number of nitrogens with zero attached hydrogens (tertiary/aromatic N) is 1. The number of hydrogen-bond donors (Lipinski definition) is 1. The monoisotopic (exact) mass is 327 g/mol. The van der Waals surface area contributed by atoms with Gasteiger partial charge in [-0.1, -0.05) is 0 Å². The second-order valence-corrected chi connectivity index (χ2v) is 5.31. The number of carbonyl (C=O) groups is 2. The highest BCUT2D eigenvalue weighted by atomic mass is 79.9. The molecule has 102 valence electrons. The molecule has 6 heteroatoms. The van der Waals surface area contributed by atoms with Crippen molar-refractivity contribution in [3.05, 3.63) is 28.6 Å². The summed E-state index contributed by atoms with van der Waals surface area (Å²) >= 11 is 3.17. The van der Waals surface area contributed by atoms with Gasteiger partial charge in [-0.15, -0.1) is 0 Å². The molecular weight excluding hydrogens is 314 g/mol. The molecule has 1 heterocycles. The minimum absolute atomic E-state index is 0.262. The SMILES string of the molecule is O=C(O)CN(CC1CC1)C(=O)/C=C/c1ccc(Br)o1. The third-order valence-electron chi connectivity index (χ3n) is 2.80. The first-order valence-corrected chi connectivity index (χ1v) is 6.78. The van der Waals surface area contributed by atoms with Crippen molar-refractivity contribution >= 4 is 33.9 Å². The quantitative estimate of drug-likeness (QED) is 0.814. The second kappa shape index (κ2) is 6.06. The lowest BCUT2D eigenvalue weighted by atomic mass is 10.3. The van der Waals surface area contributed by atoms with E-state index in [1.165, 1.54) is 17.1 Å². The van der Waals surface area contributed by atoms with Gasteiger partial charge in [-0.3, -0.25) is 9.59 Å². The molecule has 1 amide bonds. The van der Waals surface area contributed by atoms with Crippen molar-refractivity contribution < 1.29 is 19.1 Å². The fourth-order valence-corrected chi connectivity index (χ4v) is 2.00. The van der Waals surface area contributed by atoms with Crippen molar-refractivity contribution in [1.29, 1.82) is 0 Å². The molecule has 2 rings (SSSR count). The fraction of sp³-hybridized carbons (Fsp3) is 0.385. The number of carboxylic acid groups (broad SMARTS) is 1. The topological polar surface area (TPSA) is 70.8 Å². The molecular formula is C13H14BrNO4. The molecule has 0 radical (unpaired) electrons. The third kappa shape index (κ3) is 4.55. The summed E-state index contributed by atoms with van der Waals surface area (Å²) in [6.07, 6.45) is 5.02. The highest BCUT2D eigenvalue weighted by Crippen LogP contribution is 2.29. The third-order valence-corrected chi connectivity index (χ3v) is 3.22. The lowest BCUT2D eigenvalue weighted by Gasteiger charge is -2.18. The highest BCUT2D eigenvalue weighted by molar-refractivity contribution is 9.10. The zero-order valence-electron chi connectivity index (χ0n) is 10.2. The molecule has 0 aliphatic heterocycles. The largest absolute Gasteiger partial charge is 0.480 e. The van der Waals surface area contributed by atoms with Gasteiger partial charge in [0, 0.05) is 12.6 Å². The van der Waals surface area contributed by atoms with Crippen molar-refractivity contribution in [3.8, 4) is 0 Å². The Morgan fingerprint density at radius 2 is 2.21 bits per heavy atom. The number of hydrogen-bond acceptors (Lipinski definition) is 3. The van der Waals surface area contributed by atoms with Crippen LogP contribution in [0.25, 0.3) is 6.08 Å². The smallest absolute Gasteiger partial charge is 0.323 e. The molecule has 1 fully saturated rings. The summed E-state index contributed by atoms with van der Waals surface area (Å²) < 4.78 is 5.81. The molecule has 1 aliphatic carbocycles. The molecule has 0 saturated heterocycles. The van der Waals surface area contributed by atoms with E-state index in [1.54, 1.807) is 12.1 Å². The van der Waals surface area contributed by atoms with Crippen LogP contribution in [0.15, 0.2) is 27.3 Å². The number of carboxylic acids is 1. The van der Waals surface area contributed by atoms with E-state index in [0.29, 0.717) is 22.9 Å². The highest BCUT2D eigenvalue weighted by Gasteiger charge is 2.27. The Labute approximate surface area is 119 Å². The van der Waals surface area contributed by atoms with Crippen LogP contribution >= 0.6 is 15.9 Å². The summed E-state index contributed by atoms with van der Waals surface area (Å²) in [7, 11) is 0. The molecule has 0 aromatic carbocycles. The maximum absolute atomic E-state index is 11.9. The molecule has 19 heavy (non-hydrogen) atoms. The van der Waals surface area contributed by atoms with E-state index in [9.17, 15) is 9.59 Å². The van der Waals surface area contributed by atoms with Gasteiger partial charge in [-0.05, 0) is 52.9 Å². The molecule has 1 aliphatic rings. The molecule has 1 N–H and O–H groups in total. The number of rotatable bonds is 6. The van der Waals surface area contributed by atoms with Gasteiger partial charge in [-0.2, -0.15) is 0 Å². The van der Waals surface area contributed by atoms with Crippen LogP contribution in [0.1, 0.15) is 18.6 Å². The van der Waals surface area contributed by atoms with Crippen LogP contribution < -0.4 is 0 Å². The van der Waals surface area contributed by atoms with Gasteiger partial charge in [0.15, 0.2) is 4.67 Å². The Bertz CT molecular complexity index is 504. The molecule has 0 spiro atoms. The van der Waals surface area contributed by atoms with Crippen molar-refractivity contribution in [1.82, 2.24) is 4.90 Å². The lowest BCUT2D eigenvalue weighted by molar-refractivity contribution is -0.142. The lowest BCUT2D eigenvalue weighted by Crippen LogP contribution is -2.36. The van der Waals surface area contributed by atoms with E-state index in [2.05, 4.69) is 15.9 Å². The minimum Gasteiger partial charge on any atom is -0.480 e. The standard InChI is InChI=1S/C13H14BrNO4/c14-11-5-3-10(19-11)4-6-12(16)15(8-13(17)18)7-9-1-2-9/h3-6,9H,1-2,7-8H2,(H,17,18)/b6-4+. The van der Waals surface area contributed by atoms with E-state index < -0.39 is 5.97 Å². The first-order chi connectivity index (χ1) is 9.04. The molecule has 0 unspecified atom stereocenters. The van der Waals surface area contributed by atoms with Crippen LogP contribution in [-0.2, 0) is 9.59 Å². The molecule has 1 aromatic heterocycles. The fourth-order valence-electron chi connectivity index (χ4n) is 1.68. The Hall–Kier alpha value is -1.56. The van der Waals surface area contributed by atoms with Crippen molar-refractivity contribution in [2.75, 3.05) is 13.1 Å². The van der Waals surface area contributed by atoms with Gasteiger partial charge in [0.05, 0.1) is 0 Å². The normalized spacial score (nSPS) is 14.8. The number of amides is 1. The Morgan fingerprint density at radius 1 is 1.47 bits per heavy atom. The first-order valence-electron chi connectivity index (χ1n) is 5.98. The molecule has 0 atom stereocenters. The number of furan rings is 1. The molecule has 1 aromatic rings. The number of aliphatic carboxylic acids is 1. The van der Waals surface area contributed by atoms with Gasteiger partial charge in [0.25, 0.3) is 0 Å². The average Bonchev–Trinajstić information content (AvgIpc) is 3.06.